The number of hydrogen-bond donors (Lipinski definition) is 1. The maximum Gasteiger partial charge on any atom is 0.307 e. The zero-order valence-electron chi connectivity index (χ0n) is 11.3. The molecular formula is C13H19N3O2. The lowest BCUT2D eigenvalue weighted by molar-refractivity contribution is -0.136. The molecule has 98 valence electrons. The van der Waals surface area contributed by atoms with Crippen LogP contribution in [-0.4, -0.2) is 20.9 Å². The van der Waals surface area contributed by atoms with Crippen LogP contribution in [0.2, 0.25) is 0 Å². The predicted octanol–water partition coefficient (Wildman–Crippen LogP) is 2.07. The molecule has 0 unspecified atom stereocenters. The summed E-state index contributed by atoms with van der Waals surface area (Å²) in [4.78, 5) is 10.8. The summed E-state index contributed by atoms with van der Waals surface area (Å²) in [6, 6.07) is 2.25. The first-order valence-corrected chi connectivity index (χ1v) is 5.93. The van der Waals surface area contributed by atoms with Gasteiger partial charge < -0.3 is 5.11 Å². The number of carboxylic acids is 1. The van der Waals surface area contributed by atoms with E-state index in [1.54, 1.807) is 4.68 Å². The summed E-state index contributed by atoms with van der Waals surface area (Å²) < 4.78 is 1.80. The summed E-state index contributed by atoms with van der Waals surface area (Å²) >= 11 is 0. The Bertz CT molecular complexity index is 495. The average molecular weight is 249 g/mol. The van der Waals surface area contributed by atoms with E-state index in [2.05, 4.69) is 11.2 Å². The lowest BCUT2D eigenvalue weighted by Crippen LogP contribution is -2.14. The van der Waals surface area contributed by atoms with E-state index >= 15 is 0 Å². The van der Waals surface area contributed by atoms with E-state index in [-0.39, 0.29) is 11.8 Å². The fraction of sp³-hybridized carbons (Fsp3) is 0.615. The summed E-state index contributed by atoms with van der Waals surface area (Å²) in [5.41, 5.74) is 2.02. The van der Waals surface area contributed by atoms with Gasteiger partial charge in [-0.3, -0.25) is 9.48 Å². The van der Waals surface area contributed by atoms with Crippen LogP contribution in [0.25, 0.3) is 0 Å². The summed E-state index contributed by atoms with van der Waals surface area (Å²) in [6.45, 7) is 8.09. The minimum atomic E-state index is -0.849. The Hall–Kier alpha value is -1.83. The molecule has 0 aliphatic heterocycles. The van der Waals surface area contributed by atoms with Gasteiger partial charge in [-0.25, -0.2) is 0 Å². The Morgan fingerprint density at radius 3 is 2.61 bits per heavy atom. The van der Waals surface area contributed by atoms with Gasteiger partial charge >= 0.3 is 5.97 Å². The van der Waals surface area contributed by atoms with Crippen LogP contribution >= 0.6 is 0 Å². The van der Waals surface area contributed by atoms with Gasteiger partial charge in [-0.05, 0) is 34.1 Å². The monoisotopic (exact) mass is 249 g/mol. The molecule has 0 aromatic carbocycles. The Labute approximate surface area is 107 Å². The van der Waals surface area contributed by atoms with Gasteiger partial charge in [0.2, 0.25) is 0 Å². The summed E-state index contributed by atoms with van der Waals surface area (Å²) in [6.07, 6.45) is 0.692. The van der Waals surface area contributed by atoms with E-state index in [4.69, 9.17) is 10.4 Å². The predicted molar refractivity (Wildman–Crippen MR) is 67.1 cm³/mol. The van der Waals surface area contributed by atoms with Crippen LogP contribution in [-0.2, 0) is 17.8 Å². The van der Waals surface area contributed by atoms with Gasteiger partial charge in [0.1, 0.15) is 0 Å². The van der Waals surface area contributed by atoms with E-state index in [0.717, 1.165) is 17.0 Å². The van der Waals surface area contributed by atoms with Crippen molar-refractivity contribution in [2.24, 2.45) is 5.41 Å². The molecule has 0 bridgehead atoms. The standard InChI is InChI=1S/C13H19N3O2/c1-9-11(7-12(17)18)10(2)16(15-9)6-5-13(3,4)8-14/h5-7H2,1-4H3,(H,17,18). The van der Waals surface area contributed by atoms with E-state index in [1.165, 1.54) is 0 Å². The van der Waals surface area contributed by atoms with Gasteiger partial charge in [0.15, 0.2) is 0 Å². The summed E-state index contributed by atoms with van der Waals surface area (Å²) in [7, 11) is 0. The zero-order chi connectivity index (χ0) is 13.9. The Morgan fingerprint density at radius 1 is 1.50 bits per heavy atom. The summed E-state index contributed by atoms with van der Waals surface area (Å²) in [5, 5.41) is 22.1. The van der Waals surface area contributed by atoms with Gasteiger partial charge in [0.05, 0.1) is 23.6 Å². The lowest BCUT2D eigenvalue weighted by atomic mass is 9.91. The molecule has 0 saturated carbocycles. The summed E-state index contributed by atoms with van der Waals surface area (Å²) in [5.74, 6) is -0.849. The van der Waals surface area contributed by atoms with Crippen LogP contribution in [0.15, 0.2) is 0 Å². The van der Waals surface area contributed by atoms with Gasteiger partial charge in [0, 0.05) is 17.8 Å². The van der Waals surface area contributed by atoms with Gasteiger partial charge in [-0.15, -0.1) is 0 Å². The molecule has 0 spiro atoms. The molecule has 5 nitrogen and oxygen atoms in total. The third-order valence-corrected chi connectivity index (χ3v) is 3.11. The van der Waals surface area contributed by atoms with E-state index in [0.29, 0.717) is 13.0 Å². The Morgan fingerprint density at radius 2 is 2.11 bits per heavy atom. The number of aliphatic carboxylic acids is 1. The molecule has 18 heavy (non-hydrogen) atoms. The molecule has 0 aliphatic carbocycles. The number of aryl methyl sites for hydroxylation is 2. The first-order valence-electron chi connectivity index (χ1n) is 5.93. The van der Waals surface area contributed by atoms with Crippen molar-refractivity contribution in [2.75, 3.05) is 0 Å². The fourth-order valence-electron chi connectivity index (χ4n) is 1.80. The minimum absolute atomic E-state index is 0.000685. The molecule has 1 rings (SSSR count). The van der Waals surface area contributed by atoms with Crippen molar-refractivity contribution >= 4 is 5.97 Å². The highest BCUT2D eigenvalue weighted by Gasteiger charge is 2.19. The second-order valence-corrected chi connectivity index (χ2v) is 5.19. The molecule has 1 aromatic heterocycles. The van der Waals surface area contributed by atoms with Crippen LogP contribution in [0.5, 0.6) is 0 Å². The number of hydrogen-bond acceptors (Lipinski definition) is 3. The molecule has 1 aromatic rings. The van der Waals surface area contributed by atoms with E-state index in [9.17, 15) is 4.79 Å². The topological polar surface area (TPSA) is 78.9 Å². The number of carboxylic acid groups (broad SMARTS) is 1. The first-order chi connectivity index (χ1) is 8.26. The average Bonchev–Trinajstić information content (AvgIpc) is 2.54. The molecule has 1 N–H and O–H groups in total. The lowest BCUT2D eigenvalue weighted by Gasteiger charge is -2.15. The van der Waals surface area contributed by atoms with Crippen LogP contribution in [0.4, 0.5) is 0 Å². The van der Waals surface area contributed by atoms with Crippen LogP contribution in [0.1, 0.15) is 37.2 Å². The van der Waals surface area contributed by atoms with Gasteiger partial charge in [-0.1, -0.05) is 0 Å². The molecule has 0 fully saturated rings. The van der Waals surface area contributed by atoms with Crippen molar-refractivity contribution in [3.8, 4) is 6.07 Å². The highest BCUT2D eigenvalue weighted by Crippen LogP contribution is 2.21. The molecule has 0 radical (unpaired) electrons. The molecule has 1 heterocycles. The molecular weight excluding hydrogens is 230 g/mol. The maximum atomic E-state index is 10.8. The minimum Gasteiger partial charge on any atom is -0.481 e. The Kier molecular flexibility index (Phi) is 4.12. The smallest absolute Gasteiger partial charge is 0.307 e. The van der Waals surface area contributed by atoms with Gasteiger partial charge in [-0.2, -0.15) is 10.4 Å². The van der Waals surface area contributed by atoms with Crippen molar-refractivity contribution in [1.82, 2.24) is 9.78 Å². The Balaban J connectivity index is 2.86. The SMILES string of the molecule is Cc1nn(CCC(C)(C)C#N)c(C)c1CC(=O)O. The van der Waals surface area contributed by atoms with Crippen LogP contribution < -0.4 is 0 Å². The van der Waals surface area contributed by atoms with Crippen LogP contribution in [0.3, 0.4) is 0 Å². The van der Waals surface area contributed by atoms with E-state index in [1.807, 2.05) is 27.7 Å². The van der Waals surface area contributed by atoms with Crippen molar-refractivity contribution in [2.45, 2.75) is 47.1 Å². The number of carbonyl (C=O) groups is 1. The van der Waals surface area contributed by atoms with Crippen molar-refractivity contribution in [3.63, 3.8) is 0 Å². The second-order valence-electron chi connectivity index (χ2n) is 5.19. The highest BCUT2D eigenvalue weighted by molar-refractivity contribution is 5.70. The van der Waals surface area contributed by atoms with E-state index < -0.39 is 5.97 Å². The zero-order valence-corrected chi connectivity index (χ0v) is 11.3. The largest absolute Gasteiger partial charge is 0.481 e. The number of aromatic nitrogens is 2. The molecule has 0 atom stereocenters. The fourth-order valence-corrected chi connectivity index (χ4v) is 1.80. The normalized spacial score (nSPS) is 11.3. The maximum absolute atomic E-state index is 10.8. The molecule has 0 aliphatic rings. The second kappa shape index (κ2) is 5.21. The third-order valence-electron chi connectivity index (χ3n) is 3.11. The molecule has 0 amide bonds. The molecule has 5 heteroatoms. The van der Waals surface area contributed by atoms with Gasteiger partial charge in [0.25, 0.3) is 0 Å². The number of nitriles is 1. The molecule has 0 saturated heterocycles. The van der Waals surface area contributed by atoms with Crippen LogP contribution in [0, 0.1) is 30.6 Å². The first kappa shape index (κ1) is 14.2. The van der Waals surface area contributed by atoms with Crippen molar-refractivity contribution < 1.29 is 9.90 Å². The number of nitrogens with zero attached hydrogens (tertiary/aromatic N) is 3. The quantitative estimate of drug-likeness (QED) is 0.866. The van der Waals surface area contributed by atoms with Crippen molar-refractivity contribution in [3.05, 3.63) is 17.0 Å². The highest BCUT2D eigenvalue weighted by atomic mass is 16.4. The third kappa shape index (κ3) is 3.33. The number of rotatable bonds is 5. The van der Waals surface area contributed by atoms with Crippen molar-refractivity contribution in [1.29, 1.82) is 5.26 Å².